The van der Waals surface area contributed by atoms with Crippen molar-refractivity contribution in [3.63, 3.8) is 0 Å². The summed E-state index contributed by atoms with van der Waals surface area (Å²) in [5, 5.41) is 11.1. The fourth-order valence-electron chi connectivity index (χ4n) is 2.08. The van der Waals surface area contributed by atoms with E-state index in [4.69, 9.17) is 0 Å². The van der Waals surface area contributed by atoms with Gasteiger partial charge in [-0.05, 0) is 12.1 Å². The van der Waals surface area contributed by atoms with Crippen LogP contribution in [0.3, 0.4) is 0 Å². The van der Waals surface area contributed by atoms with Crippen molar-refractivity contribution in [3.8, 4) is 11.4 Å². The summed E-state index contributed by atoms with van der Waals surface area (Å²) in [4.78, 5) is 12.0. The van der Waals surface area contributed by atoms with Crippen molar-refractivity contribution in [1.29, 1.82) is 0 Å². The number of carbonyl (C=O) groups excluding carboxylic acids is 1. The maximum Gasteiger partial charge on any atom is 0.252 e. The molecule has 0 aliphatic rings. The largest absolute Gasteiger partial charge is 0.351 e. The molecule has 3 rings (SSSR count). The molecule has 0 aliphatic heterocycles. The molecule has 0 spiro atoms. The van der Waals surface area contributed by atoms with Crippen LogP contribution in [0.15, 0.2) is 48.7 Å². The first-order valence-electron chi connectivity index (χ1n) is 6.59. The highest BCUT2D eigenvalue weighted by Crippen LogP contribution is 2.18. The van der Waals surface area contributed by atoms with Crippen LogP contribution in [-0.4, -0.2) is 32.8 Å². The van der Waals surface area contributed by atoms with E-state index in [2.05, 4.69) is 28.1 Å². The molecule has 106 valence electrons. The molecule has 0 unspecified atom stereocenters. The van der Waals surface area contributed by atoms with E-state index in [-0.39, 0.29) is 5.91 Å². The first kappa shape index (κ1) is 13.6. The molecule has 0 atom stereocenters. The van der Waals surface area contributed by atoms with Crippen molar-refractivity contribution < 1.29 is 4.79 Å². The highest BCUT2D eigenvalue weighted by molar-refractivity contribution is 7.80. The van der Waals surface area contributed by atoms with Crippen molar-refractivity contribution in [3.05, 3.63) is 54.2 Å². The van der Waals surface area contributed by atoms with Gasteiger partial charge in [0.1, 0.15) is 0 Å². The second-order valence-corrected chi connectivity index (χ2v) is 4.96. The monoisotopic (exact) mass is 298 g/mol. The molecular weight excluding hydrogens is 284 g/mol. The van der Waals surface area contributed by atoms with Gasteiger partial charge in [0.25, 0.3) is 5.91 Å². The van der Waals surface area contributed by atoms with Crippen molar-refractivity contribution in [2.75, 3.05) is 12.3 Å². The van der Waals surface area contributed by atoms with Gasteiger partial charge in [-0.1, -0.05) is 30.3 Å². The SMILES string of the molecule is O=C(NCCS)c1ccc2nnc(-c3ccccc3)n2c1. The number of nitrogens with one attached hydrogen (secondary N) is 1. The highest BCUT2D eigenvalue weighted by Gasteiger charge is 2.11. The van der Waals surface area contributed by atoms with Gasteiger partial charge in [-0.15, -0.1) is 10.2 Å². The lowest BCUT2D eigenvalue weighted by Crippen LogP contribution is -2.25. The molecule has 1 amide bonds. The number of hydrogen-bond donors (Lipinski definition) is 2. The molecule has 0 saturated heterocycles. The summed E-state index contributed by atoms with van der Waals surface area (Å²) in [5.41, 5.74) is 2.23. The number of carbonyl (C=O) groups is 1. The molecule has 1 aromatic carbocycles. The van der Waals surface area contributed by atoms with Crippen molar-refractivity contribution in [2.45, 2.75) is 0 Å². The minimum atomic E-state index is -0.126. The van der Waals surface area contributed by atoms with E-state index in [0.29, 0.717) is 23.5 Å². The number of pyridine rings is 1. The third-order valence-corrected chi connectivity index (χ3v) is 3.32. The van der Waals surface area contributed by atoms with Crippen LogP contribution in [0.25, 0.3) is 17.0 Å². The number of nitrogens with zero attached hydrogens (tertiary/aromatic N) is 3. The zero-order chi connectivity index (χ0) is 14.7. The molecule has 0 saturated carbocycles. The quantitative estimate of drug-likeness (QED) is 0.725. The Bertz CT molecular complexity index is 770. The predicted molar refractivity (Wildman–Crippen MR) is 84.6 cm³/mol. The van der Waals surface area contributed by atoms with Gasteiger partial charge < -0.3 is 5.32 Å². The second kappa shape index (κ2) is 5.97. The maximum atomic E-state index is 12.0. The van der Waals surface area contributed by atoms with Gasteiger partial charge in [-0.3, -0.25) is 9.20 Å². The molecular formula is C15H14N4OS. The third-order valence-electron chi connectivity index (χ3n) is 3.09. The van der Waals surface area contributed by atoms with Crippen LogP contribution >= 0.6 is 12.6 Å². The minimum absolute atomic E-state index is 0.126. The van der Waals surface area contributed by atoms with Gasteiger partial charge in [0, 0.05) is 24.1 Å². The van der Waals surface area contributed by atoms with Gasteiger partial charge in [0.05, 0.1) is 5.56 Å². The minimum Gasteiger partial charge on any atom is -0.351 e. The Kier molecular flexibility index (Phi) is 3.87. The fourth-order valence-corrected chi connectivity index (χ4v) is 2.19. The fraction of sp³-hybridized carbons (Fsp3) is 0.133. The van der Waals surface area contributed by atoms with Crippen LogP contribution in [0.2, 0.25) is 0 Å². The Morgan fingerprint density at radius 2 is 1.95 bits per heavy atom. The Morgan fingerprint density at radius 1 is 1.14 bits per heavy atom. The molecule has 21 heavy (non-hydrogen) atoms. The molecule has 0 bridgehead atoms. The van der Waals surface area contributed by atoms with Crippen LogP contribution < -0.4 is 5.32 Å². The summed E-state index contributed by atoms with van der Waals surface area (Å²) in [5.74, 6) is 1.20. The third kappa shape index (κ3) is 2.75. The van der Waals surface area contributed by atoms with Gasteiger partial charge in [0.15, 0.2) is 11.5 Å². The number of amides is 1. The number of aromatic nitrogens is 3. The average molecular weight is 298 g/mol. The zero-order valence-corrected chi connectivity index (χ0v) is 12.1. The van der Waals surface area contributed by atoms with Crippen LogP contribution in [0, 0.1) is 0 Å². The van der Waals surface area contributed by atoms with Gasteiger partial charge in [-0.2, -0.15) is 12.6 Å². The van der Waals surface area contributed by atoms with E-state index in [1.54, 1.807) is 18.3 Å². The molecule has 0 aliphatic carbocycles. The maximum absolute atomic E-state index is 12.0. The molecule has 3 aromatic rings. The van der Waals surface area contributed by atoms with Crippen LogP contribution in [0.1, 0.15) is 10.4 Å². The average Bonchev–Trinajstić information content (AvgIpc) is 2.96. The summed E-state index contributed by atoms with van der Waals surface area (Å²) in [7, 11) is 0. The lowest BCUT2D eigenvalue weighted by molar-refractivity contribution is 0.0956. The van der Waals surface area contributed by atoms with E-state index in [0.717, 1.165) is 11.4 Å². The Hall–Kier alpha value is -2.34. The van der Waals surface area contributed by atoms with E-state index < -0.39 is 0 Å². The summed E-state index contributed by atoms with van der Waals surface area (Å²) in [6.07, 6.45) is 1.76. The standard InChI is InChI=1S/C15H14N4OS/c20-15(16-8-9-21)12-6-7-13-17-18-14(19(13)10-12)11-4-2-1-3-5-11/h1-7,10,21H,8-9H2,(H,16,20). The van der Waals surface area contributed by atoms with E-state index in [9.17, 15) is 4.79 Å². The summed E-state index contributed by atoms with van der Waals surface area (Å²) < 4.78 is 1.82. The molecule has 1 N–H and O–H groups in total. The van der Waals surface area contributed by atoms with Crippen LogP contribution in [0.4, 0.5) is 0 Å². The summed E-state index contributed by atoms with van der Waals surface area (Å²) in [6.45, 7) is 0.535. The number of thiol groups is 1. The summed E-state index contributed by atoms with van der Waals surface area (Å²) >= 11 is 4.08. The van der Waals surface area contributed by atoms with Crippen LogP contribution in [-0.2, 0) is 0 Å². The van der Waals surface area contributed by atoms with E-state index >= 15 is 0 Å². The number of benzene rings is 1. The van der Waals surface area contributed by atoms with E-state index in [1.807, 2.05) is 34.7 Å². The predicted octanol–water partition coefficient (Wildman–Crippen LogP) is 2.06. The smallest absolute Gasteiger partial charge is 0.252 e. The molecule has 2 aromatic heterocycles. The lowest BCUT2D eigenvalue weighted by atomic mass is 10.2. The highest BCUT2D eigenvalue weighted by atomic mass is 32.1. The normalized spacial score (nSPS) is 10.7. The van der Waals surface area contributed by atoms with Crippen molar-refractivity contribution >= 4 is 24.2 Å². The first-order valence-corrected chi connectivity index (χ1v) is 7.22. The van der Waals surface area contributed by atoms with Crippen molar-refractivity contribution in [1.82, 2.24) is 19.9 Å². The van der Waals surface area contributed by atoms with Gasteiger partial charge in [-0.25, -0.2) is 0 Å². The molecule has 2 heterocycles. The van der Waals surface area contributed by atoms with Crippen molar-refractivity contribution in [2.24, 2.45) is 0 Å². The first-order chi connectivity index (χ1) is 10.3. The Balaban J connectivity index is 2.02. The van der Waals surface area contributed by atoms with Gasteiger partial charge >= 0.3 is 0 Å². The topological polar surface area (TPSA) is 59.3 Å². The molecule has 6 heteroatoms. The molecule has 5 nitrogen and oxygen atoms in total. The number of rotatable bonds is 4. The van der Waals surface area contributed by atoms with Gasteiger partial charge in [0.2, 0.25) is 0 Å². The second-order valence-electron chi connectivity index (χ2n) is 4.52. The molecule has 0 radical (unpaired) electrons. The Morgan fingerprint density at radius 3 is 2.71 bits per heavy atom. The number of hydrogen-bond acceptors (Lipinski definition) is 4. The van der Waals surface area contributed by atoms with E-state index in [1.165, 1.54) is 0 Å². The number of fused-ring (bicyclic) bond motifs is 1. The summed E-state index contributed by atoms with van der Waals surface area (Å²) in [6, 6.07) is 13.3. The van der Waals surface area contributed by atoms with Crippen LogP contribution in [0.5, 0.6) is 0 Å². The molecule has 0 fully saturated rings. The Labute approximate surface area is 127 Å². The zero-order valence-electron chi connectivity index (χ0n) is 11.2. The lowest BCUT2D eigenvalue weighted by Gasteiger charge is -2.05.